The van der Waals surface area contributed by atoms with E-state index in [0.717, 1.165) is 41.8 Å². The van der Waals surface area contributed by atoms with Gasteiger partial charge in [0.1, 0.15) is 5.00 Å². The first-order chi connectivity index (χ1) is 13.8. The summed E-state index contributed by atoms with van der Waals surface area (Å²) in [5.74, 6) is 0.00976. The fourth-order valence-corrected chi connectivity index (χ4v) is 4.83. The normalized spacial score (nSPS) is 13.4. The second-order valence-electron chi connectivity index (χ2n) is 7.05. The van der Waals surface area contributed by atoms with Gasteiger partial charge in [-0.2, -0.15) is 0 Å². The Balaban J connectivity index is 1.53. The van der Waals surface area contributed by atoms with Crippen molar-refractivity contribution < 1.29 is 4.79 Å². The lowest BCUT2D eigenvalue weighted by atomic mass is 9.95. The van der Waals surface area contributed by atoms with Gasteiger partial charge in [-0.1, -0.05) is 60.7 Å². The summed E-state index contributed by atoms with van der Waals surface area (Å²) in [7, 11) is 0. The van der Waals surface area contributed by atoms with Crippen LogP contribution in [0.2, 0.25) is 0 Å². The Kier molecular flexibility index (Phi) is 5.98. The molecule has 0 atom stereocenters. The molecule has 4 rings (SSSR count). The molecule has 1 amide bonds. The summed E-state index contributed by atoms with van der Waals surface area (Å²) in [6.07, 6.45) is 7.08. The topological polar surface area (TPSA) is 41.5 Å². The van der Waals surface area contributed by atoms with Crippen molar-refractivity contribution in [2.75, 3.05) is 6.54 Å². The molecular formula is C24H24N2OS. The summed E-state index contributed by atoms with van der Waals surface area (Å²) < 4.78 is 0. The van der Waals surface area contributed by atoms with Crippen LogP contribution < -0.4 is 5.32 Å². The first kappa shape index (κ1) is 18.6. The van der Waals surface area contributed by atoms with Crippen LogP contribution in [0.1, 0.15) is 44.8 Å². The number of rotatable bonds is 6. The minimum atomic E-state index is 0.00976. The fourth-order valence-electron chi connectivity index (χ4n) is 3.60. The van der Waals surface area contributed by atoms with Crippen molar-refractivity contribution >= 4 is 28.5 Å². The zero-order valence-corrected chi connectivity index (χ0v) is 16.7. The third-order valence-corrected chi connectivity index (χ3v) is 6.25. The van der Waals surface area contributed by atoms with Gasteiger partial charge < -0.3 is 5.32 Å². The first-order valence-corrected chi connectivity index (χ1v) is 10.7. The molecule has 2 aromatic carbocycles. The van der Waals surface area contributed by atoms with Crippen molar-refractivity contribution in [2.45, 2.75) is 32.1 Å². The molecule has 1 aromatic heterocycles. The highest BCUT2D eigenvalue weighted by atomic mass is 32.1. The SMILES string of the molecule is O=C(NCCc1ccccc1)c1c(/N=C\c2ccccc2)sc2c1CCCC2. The van der Waals surface area contributed by atoms with Crippen LogP contribution in [-0.4, -0.2) is 18.7 Å². The van der Waals surface area contributed by atoms with Crippen LogP contribution in [0.15, 0.2) is 65.7 Å². The predicted molar refractivity (Wildman–Crippen MR) is 117 cm³/mol. The van der Waals surface area contributed by atoms with Gasteiger partial charge in [0.2, 0.25) is 0 Å². The molecule has 1 aliphatic rings. The van der Waals surface area contributed by atoms with Crippen molar-refractivity contribution in [2.24, 2.45) is 4.99 Å². The lowest BCUT2D eigenvalue weighted by Crippen LogP contribution is -2.26. The van der Waals surface area contributed by atoms with E-state index in [2.05, 4.69) is 17.4 Å². The van der Waals surface area contributed by atoms with Gasteiger partial charge in [0, 0.05) is 17.6 Å². The summed E-state index contributed by atoms with van der Waals surface area (Å²) in [6.45, 7) is 0.634. The highest BCUT2D eigenvalue weighted by molar-refractivity contribution is 7.16. The maximum absolute atomic E-state index is 13.0. The van der Waals surface area contributed by atoms with Crippen LogP contribution in [0, 0.1) is 0 Å². The Morgan fingerprint density at radius 2 is 1.71 bits per heavy atom. The number of carbonyl (C=O) groups is 1. The zero-order chi connectivity index (χ0) is 19.2. The summed E-state index contributed by atoms with van der Waals surface area (Å²) in [4.78, 5) is 19.1. The number of benzene rings is 2. The smallest absolute Gasteiger partial charge is 0.254 e. The minimum absolute atomic E-state index is 0.00976. The molecular weight excluding hydrogens is 364 g/mol. The molecule has 0 bridgehead atoms. The summed E-state index contributed by atoms with van der Waals surface area (Å²) in [5, 5.41) is 3.96. The van der Waals surface area contributed by atoms with Crippen LogP contribution in [-0.2, 0) is 19.3 Å². The van der Waals surface area contributed by atoms with Crippen LogP contribution in [0.4, 0.5) is 5.00 Å². The van der Waals surface area contributed by atoms with Gasteiger partial charge >= 0.3 is 0 Å². The predicted octanol–water partition coefficient (Wildman–Crippen LogP) is 5.35. The van der Waals surface area contributed by atoms with E-state index in [1.165, 1.54) is 22.4 Å². The average Bonchev–Trinajstić information content (AvgIpc) is 3.12. The van der Waals surface area contributed by atoms with Crippen molar-refractivity contribution in [1.82, 2.24) is 5.32 Å². The number of amides is 1. The Bertz CT molecular complexity index is 961. The quantitative estimate of drug-likeness (QED) is 0.568. The van der Waals surface area contributed by atoms with Gasteiger partial charge in [-0.25, -0.2) is 4.99 Å². The van der Waals surface area contributed by atoms with Gasteiger partial charge in [0.25, 0.3) is 5.91 Å². The first-order valence-electron chi connectivity index (χ1n) is 9.87. The number of carbonyl (C=O) groups excluding carboxylic acids is 1. The number of fused-ring (bicyclic) bond motifs is 1. The van der Waals surface area contributed by atoms with Crippen molar-refractivity contribution in [3.05, 3.63) is 87.8 Å². The van der Waals surface area contributed by atoms with E-state index in [1.807, 2.05) is 54.7 Å². The molecule has 3 aromatic rings. The number of aryl methyl sites for hydroxylation is 1. The largest absolute Gasteiger partial charge is 0.352 e. The van der Waals surface area contributed by atoms with Gasteiger partial charge in [0.15, 0.2) is 0 Å². The number of thiophene rings is 1. The second-order valence-corrected chi connectivity index (χ2v) is 8.14. The number of nitrogens with zero attached hydrogens (tertiary/aromatic N) is 1. The fraction of sp³-hybridized carbons (Fsp3) is 0.250. The van der Waals surface area contributed by atoms with Crippen molar-refractivity contribution in [3.63, 3.8) is 0 Å². The van der Waals surface area contributed by atoms with E-state index in [4.69, 9.17) is 4.99 Å². The maximum Gasteiger partial charge on any atom is 0.254 e. The van der Waals surface area contributed by atoms with Crippen molar-refractivity contribution in [3.8, 4) is 0 Å². The summed E-state index contributed by atoms with van der Waals surface area (Å²) >= 11 is 1.68. The van der Waals surface area contributed by atoms with Gasteiger partial charge in [0.05, 0.1) is 5.56 Å². The van der Waals surface area contributed by atoms with Gasteiger partial charge in [-0.05, 0) is 48.8 Å². The third kappa shape index (κ3) is 4.39. The molecule has 1 heterocycles. The Morgan fingerprint density at radius 1 is 1.00 bits per heavy atom. The third-order valence-electron chi connectivity index (χ3n) is 5.05. The van der Waals surface area contributed by atoms with Crippen LogP contribution in [0.5, 0.6) is 0 Å². The van der Waals surface area contributed by atoms with Crippen LogP contribution in [0.3, 0.4) is 0 Å². The molecule has 0 aliphatic heterocycles. The van der Waals surface area contributed by atoms with E-state index in [1.54, 1.807) is 11.3 Å². The molecule has 1 aliphatic carbocycles. The highest BCUT2D eigenvalue weighted by Gasteiger charge is 2.24. The Hall–Kier alpha value is -2.72. The number of nitrogens with one attached hydrogen (secondary N) is 1. The van der Waals surface area contributed by atoms with E-state index < -0.39 is 0 Å². The Labute approximate surface area is 170 Å². The Morgan fingerprint density at radius 3 is 2.50 bits per heavy atom. The van der Waals surface area contributed by atoms with Gasteiger partial charge in [-0.15, -0.1) is 11.3 Å². The van der Waals surface area contributed by atoms with E-state index in [-0.39, 0.29) is 5.91 Å². The van der Waals surface area contributed by atoms with Crippen LogP contribution in [0.25, 0.3) is 0 Å². The lowest BCUT2D eigenvalue weighted by molar-refractivity contribution is 0.0954. The van der Waals surface area contributed by atoms with E-state index >= 15 is 0 Å². The highest BCUT2D eigenvalue weighted by Crippen LogP contribution is 2.39. The molecule has 4 heteroatoms. The molecule has 142 valence electrons. The molecule has 0 spiro atoms. The second kappa shape index (κ2) is 8.98. The molecule has 0 saturated heterocycles. The molecule has 3 nitrogen and oxygen atoms in total. The zero-order valence-electron chi connectivity index (χ0n) is 15.9. The lowest BCUT2D eigenvalue weighted by Gasteiger charge is -2.12. The van der Waals surface area contributed by atoms with E-state index in [9.17, 15) is 4.79 Å². The molecule has 0 saturated carbocycles. The standard InChI is InChI=1S/C24H24N2OS/c27-23(25-16-15-18-9-3-1-4-10-18)22-20-13-7-8-14-21(20)28-24(22)26-17-19-11-5-2-6-12-19/h1-6,9-12,17H,7-8,13-16H2,(H,25,27)/b26-17-. The molecule has 0 unspecified atom stereocenters. The monoisotopic (exact) mass is 388 g/mol. The van der Waals surface area contributed by atoms with Crippen LogP contribution >= 0.6 is 11.3 Å². The molecule has 0 radical (unpaired) electrons. The maximum atomic E-state index is 13.0. The van der Waals surface area contributed by atoms with E-state index in [0.29, 0.717) is 6.54 Å². The summed E-state index contributed by atoms with van der Waals surface area (Å²) in [5.41, 5.74) is 4.29. The average molecular weight is 389 g/mol. The molecule has 0 fully saturated rings. The number of hydrogen-bond acceptors (Lipinski definition) is 3. The number of hydrogen-bond donors (Lipinski definition) is 1. The summed E-state index contributed by atoms with van der Waals surface area (Å²) in [6, 6.07) is 20.3. The number of aliphatic imine (C=N–C) groups is 1. The van der Waals surface area contributed by atoms with Gasteiger partial charge in [-0.3, -0.25) is 4.79 Å². The molecule has 1 N–H and O–H groups in total. The molecule has 28 heavy (non-hydrogen) atoms. The van der Waals surface area contributed by atoms with Crippen molar-refractivity contribution in [1.29, 1.82) is 0 Å². The minimum Gasteiger partial charge on any atom is -0.352 e.